The number of pyridine rings is 1. The fourth-order valence-electron chi connectivity index (χ4n) is 2.85. The van der Waals surface area contributed by atoms with Crippen LogP contribution in [-0.2, 0) is 4.74 Å². The van der Waals surface area contributed by atoms with Crippen LogP contribution >= 0.6 is 11.6 Å². The van der Waals surface area contributed by atoms with Gasteiger partial charge in [-0.15, -0.1) is 11.6 Å². The molecule has 2 heterocycles. The van der Waals surface area contributed by atoms with Crippen LogP contribution in [0.5, 0.6) is 0 Å². The van der Waals surface area contributed by atoms with E-state index in [-0.39, 0.29) is 26.1 Å². The number of nitrogens with zero attached hydrogens (tertiary/aromatic N) is 2. The van der Waals surface area contributed by atoms with Crippen LogP contribution in [0.4, 0.5) is 23.8 Å². The Morgan fingerprint density at radius 1 is 1.42 bits per heavy atom. The summed E-state index contributed by atoms with van der Waals surface area (Å²) in [4.78, 5) is 16.2. The van der Waals surface area contributed by atoms with Crippen molar-refractivity contribution in [2.45, 2.75) is 43.8 Å². The van der Waals surface area contributed by atoms with E-state index in [9.17, 15) is 18.0 Å². The van der Waals surface area contributed by atoms with E-state index >= 15 is 0 Å². The average molecular weight is 394 g/mol. The average Bonchev–Trinajstić information content (AvgIpc) is 2.51. The van der Waals surface area contributed by atoms with E-state index in [1.807, 2.05) is 0 Å². The van der Waals surface area contributed by atoms with Crippen molar-refractivity contribution in [3.05, 3.63) is 24.4 Å². The molecule has 0 aliphatic carbocycles. The van der Waals surface area contributed by atoms with Crippen molar-refractivity contribution in [3.8, 4) is 0 Å². The van der Waals surface area contributed by atoms with Gasteiger partial charge in [-0.1, -0.05) is 6.07 Å². The topological polar surface area (TPSA) is 54.5 Å². The molecule has 2 atom stereocenters. The van der Waals surface area contributed by atoms with Gasteiger partial charge in [-0.25, -0.2) is 9.78 Å². The summed E-state index contributed by atoms with van der Waals surface area (Å²) < 4.78 is 45.3. The normalized spacial score (nSPS) is 24.3. The summed E-state index contributed by atoms with van der Waals surface area (Å²) in [6.07, 6.45) is -3.88. The lowest BCUT2D eigenvalue weighted by Crippen LogP contribution is -2.57. The zero-order valence-corrected chi connectivity index (χ0v) is 15.7. The highest BCUT2D eigenvalue weighted by Crippen LogP contribution is 2.40. The minimum absolute atomic E-state index is 0.133. The third kappa shape index (κ3) is 5.93. The summed E-state index contributed by atoms with van der Waals surface area (Å²) in [7, 11) is 0. The van der Waals surface area contributed by atoms with Gasteiger partial charge in [-0.3, -0.25) is 0 Å². The Morgan fingerprint density at radius 2 is 2.12 bits per heavy atom. The molecule has 2 rings (SSSR count). The molecule has 5 nitrogen and oxygen atoms in total. The van der Waals surface area contributed by atoms with E-state index < -0.39 is 28.7 Å². The molecule has 1 aromatic rings. The van der Waals surface area contributed by atoms with Crippen molar-refractivity contribution < 1.29 is 22.7 Å². The second-order valence-corrected chi connectivity index (χ2v) is 8.32. The number of amides is 1. The molecule has 1 aliphatic heterocycles. The van der Waals surface area contributed by atoms with Gasteiger partial charge in [0.05, 0.1) is 10.8 Å². The predicted octanol–water partition coefficient (Wildman–Crippen LogP) is 3.97. The quantitative estimate of drug-likeness (QED) is 0.789. The summed E-state index contributed by atoms with van der Waals surface area (Å²) in [6, 6.07) is 5.03. The van der Waals surface area contributed by atoms with E-state index in [0.29, 0.717) is 5.82 Å². The molecule has 1 aliphatic rings. The van der Waals surface area contributed by atoms with Crippen LogP contribution in [-0.4, -0.2) is 47.4 Å². The number of halogens is 4. The van der Waals surface area contributed by atoms with Crippen LogP contribution in [0.25, 0.3) is 0 Å². The molecule has 2 unspecified atom stereocenters. The summed E-state index contributed by atoms with van der Waals surface area (Å²) in [5, 5.41) is 2.49. The number of ether oxygens (including phenoxy) is 1. The molecule has 0 saturated carbocycles. The van der Waals surface area contributed by atoms with Gasteiger partial charge < -0.3 is 15.0 Å². The monoisotopic (exact) mass is 393 g/mol. The highest BCUT2D eigenvalue weighted by atomic mass is 35.5. The van der Waals surface area contributed by atoms with Gasteiger partial charge in [0, 0.05) is 25.8 Å². The number of carbonyl (C=O) groups excluding carboxylic acids is 1. The number of alkyl carbamates (subject to hydrolysis) is 1. The van der Waals surface area contributed by atoms with Crippen molar-refractivity contribution in [1.82, 2.24) is 10.3 Å². The summed E-state index contributed by atoms with van der Waals surface area (Å²) in [6.45, 7) is 4.87. The maximum absolute atomic E-state index is 13.4. The molecule has 26 heavy (non-hydrogen) atoms. The lowest BCUT2D eigenvalue weighted by atomic mass is 9.87. The van der Waals surface area contributed by atoms with Gasteiger partial charge in [0.25, 0.3) is 0 Å². The number of piperidine rings is 1. The Morgan fingerprint density at radius 3 is 2.65 bits per heavy atom. The van der Waals surface area contributed by atoms with Gasteiger partial charge in [-0.2, -0.15) is 13.2 Å². The molecule has 9 heteroatoms. The summed E-state index contributed by atoms with van der Waals surface area (Å²) in [5.74, 6) is -1.19. The number of hydrogen-bond donors (Lipinski definition) is 1. The number of anilines is 1. The standard InChI is InChI=1S/C17H23ClF3N3O2/c1-15(2,3)26-14(25)23-10-16(18)8-12(17(19,20)21)9-24(11-16)13-6-4-5-7-22-13/h4-7,12H,8-11H2,1-3H3,(H,23,25). The highest BCUT2D eigenvalue weighted by molar-refractivity contribution is 6.24. The summed E-state index contributed by atoms with van der Waals surface area (Å²) in [5.41, 5.74) is -0.704. The molecule has 0 spiro atoms. The Labute approximate surface area is 155 Å². The maximum atomic E-state index is 13.4. The van der Waals surface area contributed by atoms with Gasteiger partial charge in [0.2, 0.25) is 0 Å². The van der Waals surface area contributed by atoms with Gasteiger partial charge in [-0.05, 0) is 39.3 Å². The molecule has 1 aromatic heterocycles. The van der Waals surface area contributed by atoms with E-state index in [4.69, 9.17) is 16.3 Å². The van der Waals surface area contributed by atoms with Gasteiger partial charge >= 0.3 is 12.3 Å². The highest BCUT2D eigenvalue weighted by Gasteiger charge is 2.50. The third-order valence-corrected chi connectivity index (χ3v) is 4.32. The van der Waals surface area contributed by atoms with Gasteiger partial charge in [0.1, 0.15) is 11.4 Å². The SMILES string of the molecule is CC(C)(C)OC(=O)NCC1(Cl)CC(C(F)(F)F)CN(c2ccccn2)C1. The number of alkyl halides is 4. The van der Waals surface area contributed by atoms with Crippen LogP contribution in [0.2, 0.25) is 0 Å². The predicted molar refractivity (Wildman–Crippen MR) is 93.4 cm³/mol. The van der Waals surface area contributed by atoms with E-state index in [1.165, 1.54) is 11.1 Å². The molecular weight excluding hydrogens is 371 g/mol. The first-order valence-corrected chi connectivity index (χ1v) is 8.64. The third-order valence-electron chi connectivity index (χ3n) is 3.91. The van der Waals surface area contributed by atoms with Gasteiger partial charge in [0.15, 0.2) is 0 Å². The Hall–Kier alpha value is -1.70. The van der Waals surface area contributed by atoms with Crippen LogP contribution in [0.1, 0.15) is 27.2 Å². The number of aromatic nitrogens is 1. The zero-order valence-electron chi connectivity index (χ0n) is 14.9. The van der Waals surface area contributed by atoms with Crippen molar-refractivity contribution in [3.63, 3.8) is 0 Å². The largest absolute Gasteiger partial charge is 0.444 e. The molecule has 1 N–H and O–H groups in total. The molecule has 1 saturated heterocycles. The summed E-state index contributed by atoms with van der Waals surface area (Å²) >= 11 is 6.50. The van der Waals surface area contributed by atoms with E-state index in [0.717, 1.165) is 0 Å². The molecular formula is C17H23ClF3N3O2. The first-order chi connectivity index (χ1) is 11.9. The molecule has 0 bridgehead atoms. The zero-order chi connectivity index (χ0) is 19.6. The smallest absolute Gasteiger partial charge is 0.407 e. The fraction of sp³-hybridized carbons (Fsp3) is 0.647. The Bertz CT molecular complexity index is 622. The fourth-order valence-corrected chi connectivity index (χ4v) is 3.25. The van der Waals surface area contributed by atoms with Crippen molar-refractivity contribution >= 4 is 23.5 Å². The van der Waals surface area contributed by atoms with E-state index in [1.54, 1.807) is 39.0 Å². The minimum atomic E-state index is -4.39. The van der Waals surface area contributed by atoms with Crippen molar-refractivity contribution in [2.24, 2.45) is 5.92 Å². The maximum Gasteiger partial charge on any atom is 0.407 e. The Balaban J connectivity index is 2.13. The Kier molecular flexibility index (Phi) is 5.95. The number of rotatable bonds is 3. The van der Waals surface area contributed by atoms with Crippen molar-refractivity contribution in [1.29, 1.82) is 0 Å². The molecule has 1 fully saturated rings. The molecule has 0 aromatic carbocycles. The molecule has 1 amide bonds. The number of carbonyl (C=O) groups is 1. The van der Waals surface area contributed by atoms with E-state index in [2.05, 4.69) is 10.3 Å². The van der Waals surface area contributed by atoms with Crippen LogP contribution in [0.3, 0.4) is 0 Å². The van der Waals surface area contributed by atoms with Crippen LogP contribution in [0, 0.1) is 5.92 Å². The van der Waals surface area contributed by atoms with Crippen molar-refractivity contribution in [2.75, 3.05) is 24.5 Å². The second kappa shape index (κ2) is 7.50. The molecule has 146 valence electrons. The minimum Gasteiger partial charge on any atom is -0.444 e. The lowest BCUT2D eigenvalue weighted by Gasteiger charge is -2.43. The number of hydrogen-bond acceptors (Lipinski definition) is 4. The first kappa shape index (κ1) is 20.6. The number of nitrogens with one attached hydrogen (secondary N) is 1. The van der Waals surface area contributed by atoms with Crippen LogP contribution in [0.15, 0.2) is 24.4 Å². The first-order valence-electron chi connectivity index (χ1n) is 8.26. The van der Waals surface area contributed by atoms with Crippen LogP contribution < -0.4 is 10.2 Å². The lowest BCUT2D eigenvalue weighted by molar-refractivity contribution is -0.178. The second-order valence-electron chi connectivity index (χ2n) is 7.52. The molecule has 0 radical (unpaired) electrons.